The van der Waals surface area contributed by atoms with Crippen LogP contribution in [-0.4, -0.2) is 31.6 Å². The first kappa shape index (κ1) is 20.5. The first-order chi connectivity index (χ1) is 16.1. The molecular weight excluding hydrogens is 418 g/mol. The monoisotopic (exact) mass is 441 g/mol. The minimum absolute atomic E-state index is 0.125. The lowest BCUT2D eigenvalue weighted by molar-refractivity contribution is 0.0973. The average molecular weight is 441 g/mol. The minimum Gasteiger partial charge on any atom is -0.356 e. The van der Waals surface area contributed by atoms with Crippen LogP contribution < -0.4 is 16.0 Å². The highest BCUT2D eigenvalue weighted by molar-refractivity contribution is 6.07. The molecule has 0 spiro atoms. The molecule has 0 bridgehead atoms. The van der Waals surface area contributed by atoms with Crippen LogP contribution in [0.15, 0.2) is 61.1 Å². The number of hydrogen-bond acceptors (Lipinski definition) is 5. The number of nitrogens with one attached hydrogen (secondary N) is 4. The maximum Gasteiger partial charge on any atom is 0.324 e. The van der Waals surface area contributed by atoms with Gasteiger partial charge in [0.15, 0.2) is 5.78 Å². The van der Waals surface area contributed by atoms with E-state index in [1.165, 1.54) is 0 Å². The van der Waals surface area contributed by atoms with Gasteiger partial charge in [-0.15, -0.1) is 0 Å². The van der Waals surface area contributed by atoms with E-state index in [4.69, 9.17) is 0 Å². The van der Waals surface area contributed by atoms with Crippen LogP contribution in [0.4, 0.5) is 27.7 Å². The number of aromatic nitrogens is 4. The van der Waals surface area contributed by atoms with E-state index in [2.05, 4.69) is 31.0 Å². The maximum absolute atomic E-state index is 12.8. The number of urea groups is 1. The molecule has 33 heavy (non-hydrogen) atoms. The largest absolute Gasteiger partial charge is 0.356 e. The fourth-order valence-corrected chi connectivity index (χ4v) is 4.02. The van der Waals surface area contributed by atoms with Gasteiger partial charge >= 0.3 is 6.03 Å². The van der Waals surface area contributed by atoms with Crippen LogP contribution in [0, 0.1) is 0 Å². The van der Waals surface area contributed by atoms with Gasteiger partial charge in [-0.1, -0.05) is 18.2 Å². The zero-order chi connectivity index (χ0) is 22.8. The van der Waals surface area contributed by atoms with Crippen LogP contribution in [0.3, 0.4) is 0 Å². The van der Waals surface area contributed by atoms with Gasteiger partial charge in [0.1, 0.15) is 5.82 Å². The summed E-state index contributed by atoms with van der Waals surface area (Å²) in [6.07, 6.45) is 7.06. The fourth-order valence-electron chi connectivity index (χ4n) is 4.02. The predicted octanol–water partition coefficient (Wildman–Crippen LogP) is 4.72. The molecule has 1 aromatic carbocycles. The van der Waals surface area contributed by atoms with Crippen LogP contribution in [-0.2, 0) is 13.5 Å². The molecule has 4 N–H and O–H groups in total. The smallest absolute Gasteiger partial charge is 0.324 e. The molecule has 9 nitrogen and oxygen atoms in total. The summed E-state index contributed by atoms with van der Waals surface area (Å²) < 4.78 is 1.60. The van der Waals surface area contributed by atoms with Gasteiger partial charge in [0.2, 0.25) is 0 Å². The van der Waals surface area contributed by atoms with E-state index in [1.807, 2.05) is 36.4 Å². The molecule has 0 unspecified atom stereocenters. The minimum atomic E-state index is -0.420. The van der Waals surface area contributed by atoms with Crippen LogP contribution in [0.5, 0.6) is 0 Å². The number of H-pyrrole nitrogens is 1. The second kappa shape index (κ2) is 8.62. The molecule has 4 aromatic rings. The molecule has 0 saturated carbocycles. The van der Waals surface area contributed by atoms with Gasteiger partial charge in [0.05, 0.1) is 28.8 Å². The number of nitrogens with zero attached hydrogens (tertiary/aromatic N) is 3. The van der Waals surface area contributed by atoms with E-state index >= 15 is 0 Å². The number of fused-ring (bicyclic) bond motifs is 1. The number of amides is 2. The molecule has 9 heteroatoms. The second-order valence-electron chi connectivity index (χ2n) is 7.91. The van der Waals surface area contributed by atoms with Crippen LogP contribution in [0.25, 0.3) is 11.3 Å². The SMILES string of the molecule is Cn1cc(NC(=O)Nc2cc(-c3[nH]c4c(c3Nc3ccccc3)C(=O)CCC4)ccn2)cn1. The van der Waals surface area contributed by atoms with Crippen molar-refractivity contribution in [3.05, 3.63) is 72.3 Å². The number of ketones is 1. The standard InChI is InChI=1S/C24H23N7O2/c1-31-14-17(13-26-31)28-24(33)30-20-12-15(10-11-25-20)22-23(27-16-6-3-2-4-7-16)21-18(29-22)8-5-9-19(21)32/h2-4,6-7,10-14,27,29H,5,8-9H2,1H3,(H2,25,28,30,33). The molecule has 0 aliphatic heterocycles. The normalized spacial score (nSPS) is 12.8. The highest BCUT2D eigenvalue weighted by Crippen LogP contribution is 2.39. The molecule has 166 valence electrons. The summed E-state index contributed by atoms with van der Waals surface area (Å²) in [6.45, 7) is 0. The van der Waals surface area contributed by atoms with Gasteiger partial charge in [-0.3, -0.25) is 14.8 Å². The van der Waals surface area contributed by atoms with E-state index in [-0.39, 0.29) is 5.78 Å². The van der Waals surface area contributed by atoms with Gasteiger partial charge in [-0.05, 0) is 37.1 Å². The number of aryl methyl sites for hydroxylation is 2. The van der Waals surface area contributed by atoms with E-state index in [0.717, 1.165) is 41.2 Å². The Morgan fingerprint density at radius 3 is 2.73 bits per heavy atom. The summed E-state index contributed by atoms with van der Waals surface area (Å²) in [4.78, 5) is 32.9. The van der Waals surface area contributed by atoms with Crippen molar-refractivity contribution in [2.75, 3.05) is 16.0 Å². The van der Waals surface area contributed by atoms with Crippen molar-refractivity contribution in [2.24, 2.45) is 7.05 Å². The Labute approximate surface area is 190 Å². The van der Waals surface area contributed by atoms with Crippen molar-refractivity contribution in [2.45, 2.75) is 19.3 Å². The maximum atomic E-state index is 12.8. The number of aromatic amines is 1. The summed E-state index contributed by atoms with van der Waals surface area (Å²) in [7, 11) is 1.77. The van der Waals surface area contributed by atoms with Crippen LogP contribution in [0.1, 0.15) is 28.9 Å². The van der Waals surface area contributed by atoms with Gasteiger partial charge in [0, 0.05) is 42.8 Å². The molecule has 2 amide bonds. The van der Waals surface area contributed by atoms with E-state index in [1.54, 1.807) is 36.4 Å². The third-order valence-corrected chi connectivity index (χ3v) is 5.48. The van der Waals surface area contributed by atoms with Crippen molar-refractivity contribution in [1.82, 2.24) is 19.7 Å². The highest BCUT2D eigenvalue weighted by atomic mass is 16.2. The molecule has 1 aliphatic carbocycles. The van der Waals surface area contributed by atoms with Gasteiger partial charge < -0.3 is 15.6 Å². The summed E-state index contributed by atoms with van der Waals surface area (Å²) in [6, 6.07) is 13.0. The number of hydrogen-bond donors (Lipinski definition) is 4. The Morgan fingerprint density at radius 2 is 1.94 bits per heavy atom. The topological polar surface area (TPSA) is 117 Å². The lowest BCUT2D eigenvalue weighted by Gasteiger charge is -2.14. The average Bonchev–Trinajstić information content (AvgIpc) is 3.38. The Hall–Kier alpha value is -4.40. The van der Waals surface area contributed by atoms with Crippen molar-refractivity contribution < 1.29 is 9.59 Å². The first-order valence-corrected chi connectivity index (χ1v) is 10.7. The third-order valence-electron chi connectivity index (χ3n) is 5.48. The van der Waals surface area contributed by atoms with E-state index < -0.39 is 6.03 Å². The first-order valence-electron chi connectivity index (χ1n) is 10.7. The second-order valence-corrected chi connectivity index (χ2v) is 7.91. The van der Waals surface area contributed by atoms with Crippen molar-refractivity contribution in [3.8, 4) is 11.3 Å². The summed E-state index contributed by atoms with van der Waals surface area (Å²) in [5.74, 6) is 0.513. The number of Topliss-reactive ketones (excluding diaryl/α,β-unsaturated/α-hetero) is 1. The molecule has 0 radical (unpaired) electrons. The fraction of sp³-hybridized carbons (Fsp3) is 0.167. The van der Waals surface area contributed by atoms with Crippen LogP contribution >= 0.6 is 0 Å². The number of rotatable bonds is 5. The number of para-hydroxylation sites is 1. The van der Waals surface area contributed by atoms with Gasteiger partial charge in [-0.2, -0.15) is 5.10 Å². The quantitative estimate of drug-likeness (QED) is 0.358. The van der Waals surface area contributed by atoms with Crippen molar-refractivity contribution >= 4 is 34.7 Å². The number of carbonyl (C=O) groups is 2. The summed E-state index contributed by atoms with van der Waals surface area (Å²) in [5, 5.41) is 12.9. The summed E-state index contributed by atoms with van der Waals surface area (Å²) >= 11 is 0. The Balaban J connectivity index is 1.46. The lowest BCUT2D eigenvalue weighted by Crippen LogP contribution is -2.19. The van der Waals surface area contributed by atoms with Crippen molar-refractivity contribution in [1.29, 1.82) is 0 Å². The zero-order valence-electron chi connectivity index (χ0n) is 18.1. The molecule has 5 rings (SSSR count). The summed E-state index contributed by atoms with van der Waals surface area (Å²) in [5.41, 5.74) is 5.46. The van der Waals surface area contributed by atoms with Crippen LogP contribution in [0.2, 0.25) is 0 Å². The van der Waals surface area contributed by atoms with Gasteiger partial charge in [0.25, 0.3) is 0 Å². The number of pyridine rings is 1. The third kappa shape index (κ3) is 4.33. The number of anilines is 4. The number of benzene rings is 1. The predicted molar refractivity (Wildman–Crippen MR) is 127 cm³/mol. The molecule has 0 atom stereocenters. The van der Waals surface area contributed by atoms with E-state index in [9.17, 15) is 9.59 Å². The molecule has 0 saturated heterocycles. The molecule has 3 heterocycles. The van der Waals surface area contributed by atoms with E-state index in [0.29, 0.717) is 23.5 Å². The highest BCUT2D eigenvalue weighted by Gasteiger charge is 2.27. The zero-order valence-corrected chi connectivity index (χ0v) is 18.1. The Morgan fingerprint density at radius 1 is 1.09 bits per heavy atom. The molecule has 3 aromatic heterocycles. The molecular formula is C24H23N7O2. The Bertz CT molecular complexity index is 1320. The molecule has 0 fully saturated rings. The van der Waals surface area contributed by atoms with Gasteiger partial charge in [-0.25, -0.2) is 9.78 Å². The Kier molecular flexibility index (Phi) is 5.35. The van der Waals surface area contributed by atoms with Crippen molar-refractivity contribution in [3.63, 3.8) is 0 Å². The lowest BCUT2D eigenvalue weighted by atomic mass is 9.95. The number of carbonyl (C=O) groups excluding carboxylic acids is 2. The molecule has 1 aliphatic rings.